The molecule has 4 nitrogen and oxygen atoms in total. The third-order valence-corrected chi connectivity index (χ3v) is 5.70. The first kappa shape index (κ1) is 13.6. The molecule has 2 atom stereocenters. The van der Waals surface area contributed by atoms with Crippen LogP contribution in [0.2, 0.25) is 10.0 Å². The van der Waals surface area contributed by atoms with Crippen LogP contribution >= 0.6 is 23.2 Å². The summed E-state index contributed by atoms with van der Waals surface area (Å²) in [6, 6.07) is 5.93. The maximum absolute atomic E-state index is 6.21. The summed E-state index contributed by atoms with van der Waals surface area (Å²) in [5.41, 5.74) is 1.14. The Bertz CT molecular complexity index is 717. The maximum atomic E-state index is 6.21. The molecule has 21 heavy (non-hydrogen) atoms. The number of benzene rings is 1. The number of fused-ring (bicyclic) bond motifs is 1. The summed E-state index contributed by atoms with van der Waals surface area (Å²) in [5, 5.41) is 8.61. The van der Waals surface area contributed by atoms with Crippen LogP contribution in [-0.4, -0.2) is 23.2 Å². The van der Waals surface area contributed by atoms with E-state index in [2.05, 4.69) is 21.5 Å². The highest BCUT2D eigenvalue weighted by molar-refractivity contribution is 6.42. The molecule has 0 bridgehead atoms. The largest absolute Gasteiger partial charge is 0.339 e. The van der Waals surface area contributed by atoms with Crippen LogP contribution < -0.4 is 5.32 Å². The number of hydrogen-bond acceptors (Lipinski definition) is 4. The highest BCUT2D eigenvalue weighted by atomic mass is 35.5. The molecule has 6 heteroatoms. The quantitative estimate of drug-likeness (QED) is 0.921. The van der Waals surface area contributed by atoms with Crippen LogP contribution in [0.4, 0.5) is 0 Å². The molecule has 1 saturated carbocycles. The Morgan fingerprint density at radius 1 is 1.24 bits per heavy atom. The van der Waals surface area contributed by atoms with E-state index in [0.29, 0.717) is 15.9 Å². The Hall–Kier alpha value is -1.10. The topological polar surface area (TPSA) is 51.0 Å². The minimum atomic E-state index is -0.107. The second kappa shape index (κ2) is 4.45. The van der Waals surface area contributed by atoms with E-state index in [1.807, 2.05) is 19.1 Å². The molecule has 0 radical (unpaired) electrons. The van der Waals surface area contributed by atoms with E-state index in [1.54, 1.807) is 0 Å². The third kappa shape index (κ3) is 1.79. The molecule has 1 aliphatic carbocycles. The van der Waals surface area contributed by atoms with Gasteiger partial charge in [0.15, 0.2) is 5.82 Å². The van der Waals surface area contributed by atoms with E-state index < -0.39 is 0 Å². The molecule has 2 aliphatic rings. The molecule has 2 aromatic rings. The van der Waals surface area contributed by atoms with Gasteiger partial charge in [-0.05, 0) is 44.0 Å². The van der Waals surface area contributed by atoms with Crippen molar-refractivity contribution in [2.75, 3.05) is 13.1 Å². The van der Waals surface area contributed by atoms with Gasteiger partial charge in [0.2, 0.25) is 5.89 Å². The Morgan fingerprint density at radius 3 is 2.81 bits per heavy atom. The van der Waals surface area contributed by atoms with E-state index in [-0.39, 0.29) is 10.8 Å². The number of nitrogens with zero attached hydrogens (tertiary/aromatic N) is 2. The van der Waals surface area contributed by atoms with Crippen LogP contribution in [-0.2, 0) is 10.8 Å². The van der Waals surface area contributed by atoms with E-state index in [4.69, 9.17) is 27.7 Å². The van der Waals surface area contributed by atoms with Crippen LogP contribution in [0.25, 0.3) is 0 Å². The lowest BCUT2D eigenvalue weighted by atomic mass is 9.81. The van der Waals surface area contributed by atoms with E-state index in [1.165, 1.54) is 5.56 Å². The van der Waals surface area contributed by atoms with Crippen molar-refractivity contribution in [1.82, 2.24) is 15.5 Å². The molecule has 1 aromatic heterocycles. The zero-order chi connectivity index (χ0) is 14.7. The average Bonchev–Trinajstić information content (AvgIpc) is 3.01. The normalized spacial score (nSPS) is 31.0. The molecular formula is C15H15Cl2N3O. The first-order valence-electron chi connectivity index (χ1n) is 7.04. The standard InChI is InChI=1S/C15H15Cl2N3O/c1-9-19-13(21-20-9)15-7-14(15,4-5-18-8-15)10-2-3-11(16)12(17)6-10/h2-3,6,18H,4-5,7-8H2,1H3/t14-,15-/m1/s1. The summed E-state index contributed by atoms with van der Waals surface area (Å²) >= 11 is 12.3. The smallest absolute Gasteiger partial charge is 0.235 e. The summed E-state index contributed by atoms with van der Waals surface area (Å²) in [4.78, 5) is 4.48. The van der Waals surface area contributed by atoms with Crippen molar-refractivity contribution in [2.24, 2.45) is 0 Å². The monoisotopic (exact) mass is 323 g/mol. The zero-order valence-corrected chi connectivity index (χ0v) is 13.1. The number of halogens is 2. The van der Waals surface area contributed by atoms with Gasteiger partial charge in [0.05, 0.1) is 15.5 Å². The van der Waals surface area contributed by atoms with Gasteiger partial charge in [0.1, 0.15) is 0 Å². The minimum absolute atomic E-state index is 0.0332. The summed E-state index contributed by atoms with van der Waals surface area (Å²) in [7, 11) is 0. The Balaban J connectivity index is 1.81. The van der Waals surface area contributed by atoms with Crippen molar-refractivity contribution in [3.63, 3.8) is 0 Å². The van der Waals surface area contributed by atoms with Crippen LogP contribution in [0.15, 0.2) is 22.7 Å². The van der Waals surface area contributed by atoms with Gasteiger partial charge >= 0.3 is 0 Å². The molecule has 4 rings (SSSR count). The number of aryl methyl sites for hydroxylation is 1. The van der Waals surface area contributed by atoms with Crippen molar-refractivity contribution in [2.45, 2.75) is 30.6 Å². The van der Waals surface area contributed by atoms with Crippen LogP contribution in [0, 0.1) is 6.92 Å². The lowest BCUT2D eigenvalue weighted by Gasteiger charge is -2.29. The van der Waals surface area contributed by atoms with Crippen molar-refractivity contribution in [1.29, 1.82) is 0 Å². The molecule has 2 fully saturated rings. The van der Waals surface area contributed by atoms with E-state index in [9.17, 15) is 0 Å². The highest BCUT2D eigenvalue weighted by Crippen LogP contribution is 2.68. The summed E-state index contributed by atoms with van der Waals surface area (Å²) < 4.78 is 5.49. The Kier molecular flexibility index (Phi) is 2.87. The molecule has 1 aromatic carbocycles. The molecule has 1 saturated heterocycles. The first-order valence-corrected chi connectivity index (χ1v) is 7.80. The average molecular weight is 324 g/mol. The van der Waals surface area contributed by atoms with Crippen LogP contribution in [0.1, 0.15) is 30.1 Å². The van der Waals surface area contributed by atoms with Gasteiger partial charge in [0, 0.05) is 12.0 Å². The number of aromatic nitrogens is 2. The predicted octanol–water partition coefficient (Wildman–Crippen LogP) is 3.26. The van der Waals surface area contributed by atoms with Crippen molar-refractivity contribution in [3.8, 4) is 0 Å². The fourth-order valence-electron chi connectivity index (χ4n) is 3.80. The summed E-state index contributed by atoms with van der Waals surface area (Å²) in [6.07, 6.45) is 2.04. The van der Waals surface area contributed by atoms with Crippen molar-refractivity contribution < 1.29 is 4.52 Å². The second-order valence-electron chi connectivity index (χ2n) is 6.04. The van der Waals surface area contributed by atoms with Crippen molar-refractivity contribution in [3.05, 3.63) is 45.5 Å². The molecule has 2 heterocycles. The number of rotatable bonds is 2. The summed E-state index contributed by atoms with van der Waals surface area (Å²) in [5.74, 6) is 1.41. The lowest BCUT2D eigenvalue weighted by molar-refractivity contribution is 0.294. The fraction of sp³-hybridized carbons (Fsp3) is 0.467. The molecular weight excluding hydrogens is 309 g/mol. The second-order valence-corrected chi connectivity index (χ2v) is 6.86. The van der Waals surface area contributed by atoms with Gasteiger partial charge in [-0.25, -0.2) is 0 Å². The van der Waals surface area contributed by atoms with E-state index in [0.717, 1.165) is 31.8 Å². The number of piperidine rings is 1. The van der Waals surface area contributed by atoms with Crippen molar-refractivity contribution >= 4 is 23.2 Å². The maximum Gasteiger partial charge on any atom is 0.235 e. The molecule has 1 aliphatic heterocycles. The molecule has 1 N–H and O–H groups in total. The third-order valence-electron chi connectivity index (χ3n) is 4.96. The minimum Gasteiger partial charge on any atom is -0.339 e. The lowest BCUT2D eigenvalue weighted by Crippen LogP contribution is -2.41. The van der Waals surface area contributed by atoms with Gasteiger partial charge < -0.3 is 9.84 Å². The van der Waals surface area contributed by atoms with E-state index >= 15 is 0 Å². The summed E-state index contributed by atoms with van der Waals surface area (Å²) in [6.45, 7) is 3.69. The Labute approximate surface area is 132 Å². The van der Waals surface area contributed by atoms with Crippen LogP contribution in [0.5, 0.6) is 0 Å². The van der Waals surface area contributed by atoms with Gasteiger partial charge in [-0.3, -0.25) is 0 Å². The first-order chi connectivity index (χ1) is 10.1. The van der Waals surface area contributed by atoms with Gasteiger partial charge in [-0.1, -0.05) is 34.4 Å². The van der Waals surface area contributed by atoms with Gasteiger partial charge in [-0.2, -0.15) is 4.98 Å². The predicted molar refractivity (Wildman–Crippen MR) is 81.0 cm³/mol. The highest BCUT2D eigenvalue weighted by Gasteiger charge is 2.72. The van der Waals surface area contributed by atoms with Gasteiger partial charge in [0.25, 0.3) is 0 Å². The Morgan fingerprint density at radius 2 is 2.10 bits per heavy atom. The molecule has 0 spiro atoms. The van der Waals surface area contributed by atoms with Crippen LogP contribution in [0.3, 0.4) is 0 Å². The molecule has 0 unspecified atom stereocenters. The molecule has 110 valence electrons. The van der Waals surface area contributed by atoms with Gasteiger partial charge in [-0.15, -0.1) is 0 Å². The zero-order valence-electron chi connectivity index (χ0n) is 11.6. The fourth-order valence-corrected chi connectivity index (χ4v) is 4.10. The molecule has 0 amide bonds. The number of nitrogens with one attached hydrogen (secondary N) is 1. The SMILES string of the molecule is Cc1noc([C@@]23CNCC[C@]2(c2ccc(Cl)c(Cl)c2)C3)n1. The number of hydrogen-bond donors (Lipinski definition) is 1.